The van der Waals surface area contributed by atoms with Gasteiger partial charge in [0.25, 0.3) is 5.91 Å². The number of nitrogens with one attached hydrogen (secondary N) is 2. The van der Waals surface area contributed by atoms with Gasteiger partial charge in [-0.2, -0.15) is 13.2 Å². The monoisotopic (exact) mass is 482 g/mol. The van der Waals surface area contributed by atoms with Gasteiger partial charge in [-0.25, -0.2) is 4.98 Å². The minimum atomic E-state index is -4.77. The fraction of sp³-hybridized carbons (Fsp3) is 0.167. The number of alkyl halides is 3. The number of hydrogen-bond acceptors (Lipinski definition) is 6. The topological polar surface area (TPSA) is 105 Å². The van der Waals surface area contributed by atoms with Crippen LogP contribution in [-0.2, 0) is 13.2 Å². The van der Waals surface area contributed by atoms with E-state index in [2.05, 4.69) is 25.8 Å². The largest absolute Gasteiger partial charge is 0.505 e. The summed E-state index contributed by atoms with van der Waals surface area (Å²) in [7, 11) is 1.81. The minimum absolute atomic E-state index is 0.0527. The van der Waals surface area contributed by atoms with Crippen molar-refractivity contribution in [1.29, 1.82) is 0 Å². The van der Waals surface area contributed by atoms with Crippen LogP contribution in [-0.4, -0.2) is 37.3 Å². The van der Waals surface area contributed by atoms with E-state index in [0.717, 1.165) is 23.3 Å². The van der Waals surface area contributed by atoms with Crippen molar-refractivity contribution in [2.45, 2.75) is 13.1 Å². The molecule has 0 bridgehead atoms. The van der Waals surface area contributed by atoms with E-state index in [9.17, 15) is 23.1 Å². The molecule has 35 heavy (non-hydrogen) atoms. The highest BCUT2D eigenvalue weighted by Gasteiger charge is 2.35. The zero-order valence-corrected chi connectivity index (χ0v) is 18.8. The van der Waals surface area contributed by atoms with Crippen LogP contribution in [0, 0.1) is 0 Å². The highest BCUT2D eigenvalue weighted by molar-refractivity contribution is 6.05. The second kappa shape index (κ2) is 9.45. The van der Waals surface area contributed by atoms with E-state index in [4.69, 9.17) is 0 Å². The first-order valence-electron chi connectivity index (χ1n) is 10.6. The van der Waals surface area contributed by atoms with Gasteiger partial charge in [-0.15, -0.1) is 10.2 Å². The smallest absolute Gasteiger partial charge is 0.420 e. The molecule has 2 heterocycles. The molecule has 0 aliphatic carbocycles. The maximum absolute atomic E-state index is 13.1. The number of anilines is 2. The number of nitrogens with zero attached hydrogens (tertiary/aromatic N) is 4. The van der Waals surface area contributed by atoms with Crippen LogP contribution in [0.3, 0.4) is 0 Å². The summed E-state index contributed by atoms with van der Waals surface area (Å²) in [5, 5.41) is 23.6. The molecule has 0 fully saturated rings. The van der Waals surface area contributed by atoms with Crippen LogP contribution in [0.4, 0.5) is 24.7 Å². The van der Waals surface area contributed by atoms with E-state index in [1.807, 2.05) is 38.2 Å². The van der Waals surface area contributed by atoms with Crippen molar-refractivity contribution in [2.24, 2.45) is 7.05 Å². The number of aryl methyl sites for hydroxylation is 1. The van der Waals surface area contributed by atoms with Crippen molar-refractivity contribution in [1.82, 2.24) is 19.7 Å². The molecular weight excluding hydrogens is 461 g/mol. The zero-order valence-electron chi connectivity index (χ0n) is 18.8. The SMILES string of the molecule is CCNc1cc(-c2ccccc2-c2nncn2C)cc(C(=O)Nc2cccc(C(F)(F)F)c2O)n1. The Morgan fingerprint density at radius 3 is 2.49 bits per heavy atom. The fourth-order valence-electron chi connectivity index (χ4n) is 3.59. The van der Waals surface area contributed by atoms with Gasteiger partial charge in [0.15, 0.2) is 11.6 Å². The van der Waals surface area contributed by atoms with E-state index < -0.39 is 23.4 Å². The quantitative estimate of drug-likeness (QED) is 0.336. The van der Waals surface area contributed by atoms with E-state index in [-0.39, 0.29) is 11.4 Å². The normalized spacial score (nSPS) is 11.3. The van der Waals surface area contributed by atoms with Gasteiger partial charge in [0.05, 0.1) is 11.3 Å². The van der Waals surface area contributed by atoms with Crippen LogP contribution < -0.4 is 10.6 Å². The minimum Gasteiger partial charge on any atom is -0.505 e. The number of rotatable bonds is 6. The Morgan fingerprint density at radius 2 is 1.83 bits per heavy atom. The number of carbonyl (C=O) groups is 1. The molecule has 11 heteroatoms. The van der Waals surface area contributed by atoms with E-state index in [1.165, 1.54) is 12.1 Å². The molecule has 4 rings (SSSR count). The first-order valence-corrected chi connectivity index (χ1v) is 10.6. The summed E-state index contributed by atoms with van der Waals surface area (Å²) in [6, 6.07) is 13.7. The third-order valence-corrected chi connectivity index (χ3v) is 5.20. The lowest BCUT2D eigenvalue weighted by molar-refractivity contribution is -0.138. The molecule has 0 atom stereocenters. The maximum Gasteiger partial charge on any atom is 0.420 e. The summed E-state index contributed by atoms with van der Waals surface area (Å²) in [5.74, 6) is -0.834. The number of aromatic hydroxyl groups is 1. The standard InChI is InChI=1S/C24H21F3N6O2/c1-3-28-20-12-14(15-7-4-5-8-16(15)22-32-29-13-33(22)2)11-19(30-20)23(35)31-18-10-6-9-17(21(18)34)24(25,26)27/h4-13,34H,3H2,1-2H3,(H,28,30)(H,31,35). The third-order valence-electron chi connectivity index (χ3n) is 5.20. The lowest BCUT2D eigenvalue weighted by Gasteiger charge is -2.15. The fourth-order valence-corrected chi connectivity index (χ4v) is 3.59. The molecule has 0 aliphatic heterocycles. The van der Waals surface area contributed by atoms with Crippen molar-refractivity contribution in [2.75, 3.05) is 17.2 Å². The van der Waals surface area contributed by atoms with Crippen LogP contribution in [0.25, 0.3) is 22.5 Å². The number of halogens is 3. The lowest BCUT2D eigenvalue weighted by atomic mass is 9.99. The number of aromatic nitrogens is 4. The molecule has 0 saturated carbocycles. The summed E-state index contributed by atoms with van der Waals surface area (Å²) in [5.41, 5.74) is 0.476. The number of pyridine rings is 1. The zero-order chi connectivity index (χ0) is 25.2. The molecule has 3 N–H and O–H groups in total. The molecule has 0 radical (unpaired) electrons. The second-order valence-corrected chi connectivity index (χ2v) is 7.62. The Kier molecular flexibility index (Phi) is 6.41. The van der Waals surface area contributed by atoms with Crippen LogP contribution in [0.5, 0.6) is 5.75 Å². The van der Waals surface area contributed by atoms with Gasteiger partial charge in [0.1, 0.15) is 17.8 Å². The molecule has 2 aromatic heterocycles. The first-order chi connectivity index (χ1) is 16.7. The van der Waals surface area contributed by atoms with E-state index >= 15 is 0 Å². The first kappa shape index (κ1) is 23.7. The Bertz CT molecular complexity index is 1380. The molecule has 0 saturated heterocycles. The van der Waals surface area contributed by atoms with Crippen LogP contribution in [0.15, 0.2) is 60.9 Å². The summed E-state index contributed by atoms with van der Waals surface area (Å²) >= 11 is 0. The molecular formula is C24H21F3N6O2. The van der Waals surface area contributed by atoms with Crippen molar-refractivity contribution in [3.63, 3.8) is 0 Å². The highest BCUT2D eigenvalue weighted by atomic mass is 19.4. The molecule has 1 amide bonds. The summed E-state index contributed by atoms with van der Waals surface area (Å²) in [6.07, 6.45) is -3.20. The van der Waals surface area contributed by atoms with Crippen molar-refractivity contribution in [3.8, 4) is 28.3 Å². The van der Waals surface area contributed by atoms with Gasteiger partial charge in [-0.05, 0) is 42.3 Å². The Morgan fingerprint density at radius 1 is 1.09 bits per heavy atom. The summed E-state index contributed by atoms with van der Waals surface area (Å²) in [4.78, 5) is 17.3. The molecule has 8 nitrogen and oxygen atoms in total. The van der Waals surface area contributed by atoms with Crippen molar-refractivity contribution in [3.05, 3.63) is 72.2 Å². The molecule has 0 aliphatic rings. The average molecular weight is 482 g/mol. The van der Waals surface area contributed by atoms with E-state index in [1.54, 1.807) is 17.0 Å². The highest BCUT2D eigenvalue weighted by Crippen LogP contribution is 2.39. The maximum atomic E-state index is 13.1. The van der Waals surface area contributed by atoms with Gasteiger partial charge in [0, 0.05) is 19.2 Å². The number of para-hydroxylation sites is 1. The van der Waals surface area contributed by atoms with Crippen LogP contribution >= 0.6 is 0 Å². The Balaban J connectivity index is 1.76. The van der Waals surface area contributed by atoms with Crippen molar-refractivity contribution < 1.29 is 23.1 Å². The van der Waals surface area contributed by atoms with Gasteiger partial charge in [-0.1, -0.05) is 30.3 Å². The molecule has 0 unspecified atom stereocenters. The second-order valence-electron chi connectivity index (χ2n) is 7.62. The number of phenolic OH excluding ortho intramolecular Hbond substituents is 1. The number of benzene rings is 2. The molecule has 0 spiro atoms. The molecule has 4 aromatic rings. The van der Waals surface area contributed by atoms with Crippen LogP contribution in [0.2, 0.25) is 0 Å². The third kappa shape index (κ3) is 4.93. The Labute approximate surface area is 198 Å². The number of hydrogen-bond donors (Lipinski definition) is 3. The molecule has 2 aromatic carbocycles. The van der Waals surface area contributed by atoms with Crippen molar-refractivity contribution >= 4 is 17.4 Å². The summed E-state index contributed by atoms with van der Waals surface area (Å²) < 4.78 is 41.2. The van der Waals surface area contributed by atoms with E-state index in [0.29, 0.717) is 23.8 Å². The van der Waals surface area contributed by atoms with Gasteiger partial charge in [0.2, 0.25) is 0 Å². The molecule has 180 valence electrons. The van der Waals surface area contributed by atoms with Gasteiger partial charge >= 0.3 is 6.18 Å². The summed E-state index contributed by atoms with van der Waals surface area (Å²) in [6.45, 7) is 2.39. The van der Waals surface area contributed by atoms with Crippen LogP contribution in [0.1, 0.15) is 23.0 Å². The predicted octanol–water partition coefficient (Wildman–Crippen LogP) is 4.95. The van der Waals surface area contributed by atoms with Gasteiger partial charge in [-0.3, -0.25) is 4.79 Å². The average Bonchev–Trinajstić information content (AvgIpc) is 3.25. The number of phenols is 1. The van der Waals surface area contributed by atoms with Gasteiger partial charge < -0.3 is 20.3 Å². The Hall–Kier alpha value is -4.41. The number of carbonyl (C=O) groups excluding carboxylic acids is 1. The predicted molar refractivity (Wildman–Crippen MR) is 125 cm³/mol. The lowest BCUT2D eigenvalue weighted by Crippen LogP contribution is -2.16. The number of amides is 1.